The van der Waals surface area contributed by atoms with Crippen molar-refractivity contribution in [3.8, 4) is 5.75 Å². The van der Waals surface area contributed by atoms with E-state index in [0.717, 1.165) is 44.6 Å². The summed E-state index contributed by atoms with van der Waals surface area (Å²) in [4.78, 5) is 6.80. The quantitative estimate of drug-likeness (QED) is 0.380. The lowest BCUT2D eigenvalue weighted by Gasteiger charge is -2.37. The van der Waals surface area contributed by atoms with Crippen LogP contribution < -0.4 is 10.1 Å². The first-order valence-corrected chi connectivity index (χ1v) is 8.36. The third-order valence-corrected chi connectivity index (χ3v) is 3.93. The maximum Gasteiger partial charge on any atom is 0.193 e. The second-order valence-electron chi connectivity index (χ2n) is 6.20. The molecule has 0 radical (unpaired) electrons. The molecule has 1 N–H and O–H groups in total. The van der Waals surface area contributed by atoms with E-state index in [1.54, 1.807) is 0 Å². The molecular weight excluding hydrogens is 441 g/mol. The second-order valence-corrected chi connectivity index (χ2v) is 6.64. The minimum absolute atomic E-state index is 0. The number of benzene rings is 1. The van der Waals surface area contributed by atoms with E-state index >= 15 is 0 Å². The fraction of sp³-hybridized carbons (Fsp3) is 0.588. The highest BCUT2D eigenvalue weighted by molar-refractivity contribution is 14.0. The van der Waals surface area contributed by atoms with Gasteiger partial charge in [0.25, 0.3) is 0 Å². The highest BCUT2D eigenvalue weighted by Gasteiger charge is 2.33. The van der Waals surface area contributed by atoms with Crippen molar-refractivity contribution in [1.82, 2.24) is 10.2 Å². The largest absolute Gasteiger partial charge is 0.492 e. The van der Waals surface area contributed by atoms with Crippen molar-refractivity contribution < 1.29 is 9.47 Å². The van der Waals surface area contributed by atoms with Crippen molar-refractivity contribution in [3.05, 3.63) is 29.3 Å². The average molecular weight is 468 g/mol. The van der Waals surface area contributed by atoms with Gasteiger partial charge in [0.05, 0.1) is 26.3 Å². The van der Waals surface area contributed by atoms with Gasteiger partial charge in [0.2, 0.25) is 0 Å². The van der Waals surface area contributed by atoms with Gasteiger partial charge in [-0.1, -0.05) is 24.6 Å². The maximum atomic E-state index is 5.95. The van der Waals surface area contributed by atoms with Gasteiger partial charge >= 0.3 is 0 Å². The summed E-state index contributed by atoms with van der Waals surface area (Å²) in [5.74, 6) is 1.68. The van der Waals surface area contributed by atoms with Crippen molar-refractivity contribution in [3.63, 3.8) is 0 Å². The van der Waals surface area contributed by atoms with Gasteiger partial charge in [0.1, 0.15) is 12.4 Å². The summed E-state index contributed by atoms with van der Waals surface area (Å²) in [6.07, 6.45) is 0. The number of likely N-dealkylation sites (N-methyl/N-ethyl adjacent to an activating group) is 1. The molecular formula is C17H27ClIN3O2. The second kappa shape index (κ2) is 10.3. The zero-order valence-electron chi connectivity index (χ0n) is 14.5. The first-order chi connectivity index (χ1) is 11.0. The van der Waals surface area contributed by atoms with Crippen LogP contribution in [0.15, 0.2) is 29.3 Å². The van der Waals surface area contributed by atoms with Crippen molar-refractivity contribution in [2.24, 2.45) is 10.4 Å². The van der Waals surface area contributed by atoms with Gasteiger partial charge in [0, 0.05) is 24.0 Å². The van der Waals surface area contributed by atoms with Crippen molar-refractivity contribution in [1.29, 1.82) is 0 Å². The molecule has 1 aromatic rings. The third-order valence-electron chi connectivity index (χ3n) is 3.70. The van der Waals surface area contributed by atoms with Crippen LogP contribution in [0.5, 0.6) is 5.75 Å². The molecule has 7 heteroatoms. The Kier molecular flexibility index (Phi) is 9.15. The van der Waals surface area contributed by atoms with Gasteiger partial charge in [0.15, 0.2) is 5.96 Å². The molecule has 24 heavy (non-hydrogen) atoms. The van der Waals surface area contributed by atoms with Crippen LogP contribution in [0.3, 0.4) is 0 Å². The Morgan fingerprint density at radius 3 is 2.79 bits per heavy atom. The Labute approximate surface area is 166 Å². The number of hydrogen-bond acceptors (Lipinski definition) is 3. The first kappa shape index (κ1) is 21.3. The lowest BCUT2D eigenvalue weighted by atomic mass is 9.89. The summed E-state index contributed by atoms with van der Waals surface area (Å²) < 4.78 is 11.0. The monoisotopic (exact) mass is 467 g/mol. The average Bonchev–Trinajstić information content (AvgIpc) is 2.49. The molecule has 1 saturated heterocycles. The summed E-state index contributed by atoms with van der Waals surface area (Å²) in [6.45, 7) is 8.77. The topological polar surface area (TPSA) is 46.1 Å². The van der Waals surface area contributed by atoms with Crippen LogP contribution in [-0.2, 0) is 4.74 Å². The fourth-order valence-electron chi connectivity index (χ4n) is 2.24. The van der Waals surface area contributed by atoms with Gasteiger partial charge in [-0.2, -0.15) is 0 Å². The molecule has 5 nitrogen and oxygen atoms in total. The van der Waals surface area contributed by atoms with Crippen LogP contribution >= 0.6 is 35.6 Å². The van der Waals surface area contributed by atoms with Gasteiger partial charge in [-0.15, -0.1) is 24.0 Å². The number of aliphatic imine (C=N–C) groups is 1. The van der Waals surface area contributed by atoms with Crippen LogP contribution in [0.4, 0.5) is 0 Å². The Hall–Kier alpha value is -0.730. The molecule has 2 rings (SSSR count). The number of ether oxygens (including phenoxy) is 2. The number of halogens is 2. The predicted molar refractivity (Wildman–Crippen MR) is 110 cm³/mol. The number of nitrogens with zero attached hydrogens (tertiary/aromatic N) is 2. The van der Waals surface area contributed by atoms with E-state index in [2.05, 4.69) is 24.1 Å². The van der Waals surface area contributed by atoms with Crippen molar-refractivity contribution >= 4 is 41.5 Å². The molecule has 0 aliphatic carbocycles. The summed E-state index contributed by atoms with van der Waals surface area (Å²) >= 11 is 5.95. The summed E-state index contributed by atoms with van der Waals surface area (Å²) in [7, 11) is 2.02. The molecule has 1 aliphatic rings. The van der Waals surface area contributed by atoms with Gasteiger partial charge in [-0.3, -0.25) is 4.99 Å². The van der Waals surface area contributed by atoms with Crippen LogP contribution in [0.2, 0.25) is 5.02 Å². The van der Waals surface area contributed by atoms with Gasteiger partial charge in [-0.05, 0) is 25.1 Å². The van der Waals surface area contributed by atoms with E-state index in [1.807, 2.05) is 31.3 Å². The molecule has 136 valence electrons. The number of nitrogens with one attached hydrogen (secondary N) is 1. The maximum absolute atomic E-state index is 5.95. The lowest BCUT2D eigenvalue weighted by molar-refractivity contribution is -0.0945. The van der Waals surface area contributed by atoms with Crippen LogP contribution in [0.25, 0.3) is 0 Å². The Balaban J connectivity index is 0.00000288. The molecule has 1 heterocycles. The Morgan fingerprint density at radius 2 is 2.21 bits per heavy atom. The molecule has 0 amide bonds. The predicted octanol–water partition coefficient (Wildman–Crippen LogP) is 3.27. The fourth-order valence-corrected chi connectivity index (χ4v) is 2.42. The molecule has 0 bridgehead atoms. The minimum Gasteiger partial charge on any atom is -0.492 e. The number of rotatable bonds is 7. The number of guanidine groups is 1. The Morgan fingerprint density at radius 1 is 1.46 bits per heavy atom. The Bertz CT molecular complexity index is 538. The molecule has 1 aromatic carbocycles. The zero-order valence-corrected chi connectivity index (χ0v) is 17.6. The molecule has 1 fully saturated rings. The van der Waals surface area contributed by atoms with Crippen LogP contribution in [0, 0.1) is 5.41 Å². The van der Waals surface area contributed by atoms with Crippen molar-refractivity contribution in [2.45, 2.75) is 13.8 Å². The lowest BCUT2D eigenvalue weighted by Crippen LogP contribution is -2.45. The van der Waals surface area contributed by atoms with Crippen LogP contribution in [-0.4, -0.2) is 57.4 Å². The van der Waals surface area contributed by atoms with Gasteiger partial charge in [-0.25, -0.2) is 0 Å². The van der Waals surface area contributed by atoms with Crippen molar-refractivity contribution in [2.75, 3.05) is 46.5 Å². The smallest absolute Gasteiger partial charge is 0.193 e. The minimum atomic E-state index is 0. The summed E-state index contributed by atoms with van der Waals surface area (Å²) in [5.41, 5.74) is 0.179. The molecule has 0 saturated carbocycles. The van der Waals surface area contributed by atoms with E-state index in [-0.39, 0.29) is 29.4 Å². The highest BCUT2D eigenvalue weighted by Crippen LogP contribution is 2.26. The van der Waals surface area contributed by atoms with E-state index in [0.29, 0.717) is 11.6 Å². The molecule has 1 aliphatic heterocycles. The summed E-state index contributed by atoms with van der Waals surface area (Å²) in [5, 5.41) is 4.00. The van der Waals surface area contributed by atoms with E-state index in [4.69, 9.17) is 26.1 Å². The first-order valence-electron chi connectivity index (χ1n) is 7.98. The SMILES string of the molecule is CCNC(=NCC1(C)COC1)N(C)CCOc1cccc(Cl)c1.I. The standard InChI is InChI=1S/C17H26ClN3O2.HI/c1-4-19-16(20-11-17(2)12-22-13-17)21(3)8-9-23-15-7-5-6-14(18)10-15;/h5-7,10H,4,8-9,11-13H2,1-3H3,(H,19,20);1H. The van der Waals surface area contributed by atoms with E-state index in [9.17, 15) is 0 Å². The molecule has 0 atom stereocenters. The van der Waals surface area contributed by atoms with E-state index < -0.39 is 0 Å². The molecule has 0 aromatic heterocycles. The molecule has 0 spiro atoms. The van der Waals surface area contributed by atoms with E-state index in [1.165, 1.54) is 0 Å². The number of hydrogen-bond donors (Lipinski definition) is 1. The van der Waals surface area contributed by atoms with Crippen LogP contribution in [0.1, 0.15) is 13.8 Å². The zero-order chi connectivity index (χ0) is 16.7. The summed E-state index contributed by atoms with van der Waals surface area (Å²) in [6, 6.07) is 7.44. The highest BCUT2D eigenvalue weighted by atomic mass is 127. The normalized spacial score (nSPS) is 15.9. The molecule has 0 unspecified atom stereocenters. The van der Waals surface area contributed by atoms with Gasteiger partial charge < -0.3 is 19.7 Å². The third kappa shape index (κ3) is 6.64.